The second-order valence-corrected chi connectivity index (χ2v) is 7.46. The van der Waals surface area contributed by atoms with Gasteiger partial charge in [0.15, 0.2) is 0 Å². The minimum absolute atomic E-state index is 0.0558. The molecule has 1 fully saturated rings. The first-order valence-corrected chi connectivity index (χ1v) is 9.89. The Morgan fingerprint density at radius 3 is 2.66 bits per heavy atom. The number of nitro groups is 1. The van der Waals surface area contributed by atoms with Crippen molar-refractivity contribution in [1.82, 2.24) is 10.2 Å². The number of aliphatic hydroxyl groups excluding tert-OH is 1. The normalized spacial score (nSPS) is 18.3. The Hall–Kier alpha value is -2.86. The third-order valence-corrected chi connectivity index (χ3v) is 5.23. The summed E-state index contributed by atoms with van der Waals surface area (Å²) < 4.78 is 5.25. The molecule has 158 valence electrons. The number of β-amino-alcohol motifs (C(OH)–C–C–N with tert-alkyl or cyclic N) is 1. The standard InChI is InChI=1S/C17H22N4O7S/c18-15(23)6-19-16(24)10-29-9-13-5-14(22)7-20(13)17(25)28-8-11-1-3-12(4-2-11)21(26)27/h1-4,13-14,22H,5-10H2,(H2,18,23)(H,19,24). The van der Waals surface area contributed by atoms with E-state index in [1.165, 1.54) is 40.9 Å². The zero-order valence-electron chi connectivity index (χ0n) is 15.5. The zero-order chi connectivity index (χ0) is 21.4. The molecule has 4 N–H and O–H groups in total. The Morgan fingerprint density at radius 1 is 1.34 bits per heavy atom. The third kappa shape index (κ3) is 7.23. The topological polar surface area (TPSA) is 165 Å². The van der Waals surface area contributed by atoms with Crippen molar-refractivity contribution in [1.29, 1.82) is 0 Å². The van der Waals surface area contributed by atoms with Crippen LogP contribution in [0.25, 0.3) is 0 Å². The lowest BCUT2D eigenvalue weighted by Gasteiger charge is -2.23. The van der Waals surface area contributed by atoms with Crippen molar-refractivity contribution >= 4 is 35.4 Å². The van der Waals surface area contributed by atoms with Gasteiger partial charge in [0.25, 0.3) is 5.69 Å². The molecule has 2 unspecified atom stereocenters. The molecule has 1 saturated heterocycles. The van der Waals surface area contributed by atoms with Crippen LogP contribution in [0, 0.1) is 10.1 Å². The number of primary amides is 1. The van der Waals surface area contributed by atoms with E-state index in [9.17, 15) is 29.6 Å². The Bertz CT molecular complexity index is 759. The molecule has 1 aliphatic heterocycles. The molecule has 1 aliphatic rings. The highest BCUT2D eigenvalue weighted by Crippen LogP contribution is 2.23. The lowest BCUT2D eigenvalue weighted by Crippen LogP contribution is -2.38. The number of likely N-dealkylation sites (tertiary alicyclic amines) is 1. The number of nitrogens with two attached hydrogens (primary N) is 1. The molecular formula is C17H22N4O7S. The van der Waals surface area contributed by atoms with Crippen LogP contribution in [0.3, 0.4) is 0 Å². The second-order valence-electron chi connectivity index (χ2n) is 6.43. The Labute approximate surface area is 170 Å². The number of hydrogen-bond donors (Lipinski definition) is 3. The molecule has 2 rings (SSSR count). The molecule has 0 aromatic heterocycles. The number of benzene rings is 1. The van der Waals surface area contributed by atoms with Crippen molar-refractivity contribution in [3.63, 3.8) is 0 Å². The first kappa shape index (κ1) is 22.4. The molecule has 1 aromatic rings. The maximum Gasteiger partial charge on any atom is 0.410 e. The van der Waals surface area contributed by atoms with E-state index in [-0.39, 0.29) is 43.1 Å². The molecule has 0 radical (unpaired) electrons. The number of amides is 3. The lowest BCUT2D eigenvalue weighted by molar-refractivity contribution is -0.384. The van der Waals surface area contributed by atoms with Crippen LogP contribution < -0.4 is 11.1 Å². The van der Waals surface area contributed by atoms with E-state index in [2.05, 4.69) is 5.32 Å². The molecule has 12 heteroatoms. The van der Waals surface area contributed by atoms with Gasteiger partial charge in [-0.2, -0.15) is 0 Å². The zero-order valence-corrected chi connectivity index (χ0v) is 16.3. The molecular weight excluding hydrogens is 404 g/mol. The minimum Gasteiger partial charge on any atom is -0.445 e. The summed E-state index contributed by atoms with van der Waals surface area (Å²) in [5.74, 6) is -0.483. The van der Waals surface area contributed by atoms with Gasteiger partial charge in [-0.25, -0.2) is 4.79 Å². The van der Waals surface area contributed by atoms with E-state index in [0.717, 1.165) is 0 Å². The minimum atomic E-state index is -0.684. The van der Waals surface area contributed by atoms with Gasteiger partial charge < -0.3 is 25.8 Å². The number of thioether (sulfide) groups is 1. The van der Waals surface area contributed by atoms with Crippen LogP contribution in [0.15, 0.2) is 24.3 Å². The van der Waals surface area contributed by atoms with Gasteiger partial charge in [-0.05, 0) is 24.1 Å². The number of nitro benzene ring substituents is 1. The van der Waals surface area contributed by atoms with Crippen LogP contribution in [0.4, 0.5) is 10.5 Å². The molecule has 0 aliphatic carbocycles. The summed E-state index contributed by atoms with van der Waals surface area (Å²) in [5, 5.41) is 22.9. The molecule has 2 atom stereocenters. The molecule has 1 aromatic carbocycles. The van der Waals surface area contributed by atoms with E-state index in [1.54, 1.807) is 0 Å². The maximum atomic E-state index is 12.4. The highest BCUT2D eigenvalue weighted by atomic mass is 32.2. The fraction of sp³-hybridized carbons (Fsp3) is 0.471. The summed E-state index contributed by atoms with van der Waals surface area (Å²) in [6.45, 7) is -0.167. The molecule has 3 amide bonds. The highest BCUT2D eigenvalue weighted by molar-refractivity contribution is 8.00. The molecule has 0 spiro atoms. The maximum absolute atomic E-state index is 12.4. The van der Waals surface area contributed by atoms with E-state index < -0.39 is 23.0 Å². The van der Waals surface area contributed by atoms with E-state index >= 15 is 0 Å². The van der Waals surface area contributed by atoms with Crippen LogP contribution >= 0.6 is 11.8 Å². The summed E-state index contributed by atoms with van der Waals surface area (Å²) in [4.78, 5) is 46.1. The van der Waals surface area contributed by atoms with Crippen molar-refractivity contribution in [2.45, 2.75) is 25.2 Å². The van der Waals surface area contributed by atoms with Gasteiger partial charge in [0, 0.05) is 23.9 Å². The number of nitrogens with one attached hydrogen (secondary N) is 1. The Balaban J connectivity index is 1.80. The molecule has 0 saturated carbocycles. The van der Waals surface area contributed by atoms with Gasteiger partial charge in [-0.1, -0.05) is 0 Å². The van der Waals surface area contributed by atoms with Crippen molar-refractivity contribution in [2.75, 3.05) is 24.6 Å². The van der Waals surface area contributed by atoms with Crippen molar-refractivity contribution in [3.05, 3.63) is 39.9 Å². The summed E-state index contributed by atoms with van der Waals surface area (Å²) in [5.41, 5.74) is 5.49. The Kier molecular flexibility index (Phi) is 8.21. The largest absolute Gasteiger partial charge is 0.445 e. The summed E-state index contributed by atoms with van der Waals surface area (Å²) in [6.07, 6.45) is -0.928. The number of non-ortho nitro benzene ring substituents is 1. The van der Waals surface area contributed by atoms with Crippen molar-refractivity contribution in [3.8, 4) is 0 Å². The van der Waals surface area contributed by atoms with Crippen LogP contribution in [-0.2, 0) is 20.9 Å². The number of nitrogens with zero attached hydrogens (tertiary/aromatic N) is 2. The van der Waals surface area contributed by atoms with E-state index in [1.807, 2.05) is 0 Å². The average Bonchev–Trinajstić information content (AvgIpc) is 3.05. The number of carbonyl (C=O) groups excluding carboxylic acids is 3. The third-order valence-electron chi connectivity index (χ3n) is 4.14. The number of ether oxygens (including phenoxy) is 1. The summed E-state index contributed by atoms with van der Waals surface area (Å²) in [6, 6.07) is 5.35. The van der Waals surface area contributed by atoms with E-state index in [4.69, 9.17) is 10.5 Å². The molecule has 29 heavy (non-hydrogen) atoms. The first-order valence-electron chi connectivity index (χ1n) is 8.73. The predicted molar refractivity (Wildman–Crippen MR) is 104 cm³/mol. The van der Waals surface area contributed by atoms with Gasteiger partial charge in [0.1, 0.15) is 6.61 Å². The van der Waals surface area contributed by atoms with Gasteiger partial charge in [-0.15, -0.1) is 11.8 Å². The van der Waals surface area contributed by atoms with Crippen LogP contribution in [-0.4, -0.2) is 69.6 Å². The monoisotopic (exact) mass is 426 g/mol. The fourth-order valence-electron chi connectivity index (χ4n) is 2.74. The van der Waals surface area contributed by atoms with Gasteiger partial charge >= 0.3 is 6.09 Å². The number of carbonyl (C=O) groups is 3. The SMILES string of the molecule is NC(=O)CNC(=O)CSCC1CC(O)CN1C(=O)OCc1ccc([N+](=O)[O-])cc1. The second kappa shape index (κ2) is 10.6. The van der Waals surface area contributed by atoms with Crippen molar-refractivity contribution < 1.29 is 29.2 Å². The molecule has 0 bridgehead atoms. The van der Waals surface area contributed by atoms with Crippen LogP contribution in [0.2, 0.25) is 0 Å². The van der Waals surface area contributed by atoms with Crippen LogP contribution in [0.5, 0.6) is 0 Å². The van der Waals surface area contributed by atoms with Crippen LogP contribution in [0.1, 0.15) is 12.0 Å². The lowest BCUT2D eigenvalue weighted by atomic mass is 10.2. The predicted octanol–water partition coefficient (Wildman–Crippen LogP) is 0.00130. The average molecular weight is 426 g/mol. The quantitative estimate of drug-likeness (QED) is 0.367. The summed E-state index contributed by atoms with van der Waals surface area (Å²) in [7, 11) is 0. The molecule has 11 nitrogen and oxygen atoms in total. The number of aliphatic hydroxyl groups is 1. The Morgan fingerprint density at radius 2 is 2.03 bits per heavy atom. The van der Waals surface area contributed by atoms with Gasteiger partial charge in [0.05, 0.1) is 29.9 Å². The van der Waals surface area contributed by atoms with Gasteiger partial charge in [-0.3, -0.25) is 19.7 Å². The fourth-order valence-corrected chi connectivity index (χ4v) is 3.73. The van der Waals surface area contributed by atoms with Crippen molar-refractivity contribution in [2.24, 2.45) is 5.73 Å². The summed E-state index contributed by atoms with van der Waals surface area (Å²) >= 11 is 1.26. The number of hydrogen-bond acceptors (Lipinski definition) is 8. The first-order chi connectivity index (χ1) is 13.8. The number of rotatable bonds is 9. The highest BCUT2D eigenvalue weighted by Gasteiger charge is 2.35. The molecule has 1 heterocycles. The van der Waals surface area contributed by atoms with Gasteiger partial charge in [0.2, 0.25) is 11.8 Å². The smallest absolute Gasteiger partial charge is 0.410 e. The van der Waals surface area contributed by atoms with E-state index in [0.29, 0.717) is 17.7 Å².